The van der Waals surface area contributed by atoms with E-state index in [4.69, 9.17) is 15.6 Å². The molecule has 2 aromatic carbocycles. The molecule has 0 aliphatic carbocycles. The largest absolute Gasteiger partial charge is 0.489 e. The van der Waals surface area contributed by atoms with Gasteiger partial charge in [-0.05, 0) is 48.7 Å². The van der Waals surface area contributed by atoms with E-state index >= 15 is 0 Å². The standard InChI is InChI=1S/C17H19NO3/c1-11-9-15(12(2)18)7-8-16(11)21-10-13-3-5-14(6-4-13)17(19)20/h3-9,12H,10,18H2,1-2H3,(H,19,20). The summed E-state index contributed by atoms with van der Waals surface area (Å²) in [4.78, 5) is 10.8. The number of nitrogens with two attached hydrogens (primary N) is 1. The first kappa shape index (κ1) is 15.1. The summed E-state index contributed by atoms with van der Waals surface area (Å²) >= 11 is 0. The van der Waals surface area contributed by atoms with E-state index in [1.54, 1.807) is 24.3 Å². The van der Waals surface area contributed by atoms with Gasteiger partial charge in [0, 0.05) is 6.04 Å². The van der Waals surface area contributed by atoms with Gasteiger partial charge >= 0.3 is 5.97 Å². The molecular weight excluding hydrogens is 266 g/mol. The average molecular weight is 285 g/mol. The zero-order valence-corrected chi connectivity index (χ0v) is 12.2. The van der Waals surface area contributed by atoms with Crippen molar-refractivity contribution in [3.8, 4) is 5.75 Å². The molecule has 1 atom stereocenters. The molecule has 3 N–H and O–H groups in total. The van der Waals surface area contributed by atoms with Gasteiger partial charge in [0.1, 0.15) is 12.4 Å². The zero-order chi connectivity index (χ0) is 15.4. The Balaban J connectivity index is 2.04. The molecule has 0 heterocycles. The van der Waals surface area contributed by atoms with Crippen LogP contribution in [0.2, 0.25) is 0 Å². The Bertz CT molecular complexity index is 633. The van der Waals surface area contributed by atoms with Crippen molar-refractivity contribution in [3.63, 3.8) is 0 Å². The number of carboxylic acid groups (broad SMARTS) is 1. The lowest BCUT2D eigenvalue weighted by Crippen LogP contribution is -2.05. The Morgan fingerprint density at radius 2 is 1.90 bits per heavy atom. The third-order valence-corrected chi connectivity index (χ3v) is 3.32. The predicted octanol–water partition coefficient (Wildman–Crippen LogP) is 3.29. The van der Waals surface area contributed by atoms with Crippen LogP contribution in [0.1, 0.15) is 40.0 Å². The lowest BCUT2D eigenvalue weighted by atomic mass is 10.1. The number of aryl methyl sites for hydroxylation is 1. The first-order valence-corrected chi connectivity index (χ1v) is 6.78. The summed E-state index contributed by atoms with van der Waals surface area (Å²) in [5.41, 5.74) is 9.16. The molecule has 0 saturated heterocycles. The van der Waals surface area contributed by atoms with E-state index in [-0.39, 0.29) is 11.6 Å². The molecule has 0 aliphatic heterocycles. The minimum absolute atomic E-state index is 0.00122. The molecule has 2 rings (SSSR count). The lowest BCUT2D eigenvalue weighted by molar-refractivity contribution is 0.0697. The van der Waals surface area contributed by atoms with Gasteiger partial charge in [0.15, 0.2) is 0 Å². The van der Waals surface area contributed by atoms with Crippen molar-refractivity contribution in [1.29, 1.82) is 0 Å². The highest BCUT2D eigenvalue weighted by atomic mass is 16.5. The molecule has 0 radical (unpaired) electrons. The molecule has 1 unspecified atom stereocenters. The molecule has 0 spiro atoms. The SMILES string of the molecule is Cc1cc(C(C)N)ccc1OCc1ccc(C(=O)O)cc1. The fourth-order valence-electron chi connectivity index (χ4n) is 2.02. The summed E-state index contributed by atoms with van der Waals surface area (Å²) in [6.45, 7) is 4.33. The van der Waals surface area contributed by atoms with Crippen molar-refractivity contribution < 1.29 is 14.6 Å². The van der Waals surface area contributed by atoms with Gasteiger partial charge in [-0.2, -0.15) is 0 Å². The quantitative estimate of drug-likeness (QED) is 0.884. The first-order chi connectivity index (χ1) is 9.97. The fraction of sp³-hybridized carbons (Fsp3) is 0.235. The second-order valence-corrected chi connectivity index (χ2v) is 5.10. The maximum absolute atomic E-state index is 10.8. The maximum atomic E-state index is 10.8. The van der Waals surface area contributed by atoms with Gasteiger partial charge in [-0.25, -0.2) is 4.79 Å². The normalized spacial score (nSPS) is 12.0. The molecule has 4 nitrogen and oxygen atoms in total. The van der Waals surface area contributed by atoms with E-state index in [0.29, 0.717) is 6.61 Å². The van der Waals surface area contributed by atoms with Crippen LogP contribution in [0.5, 0.6) is 5.75 Å². The van der Waals surface area contributed by atoms with Crippen LogP contribution in [0.3, 0.4) is 0 Å². The third kappa shape index (κ3) is 3.83. The highest BCUT2D eigenvalue weighted by Crippen LogP contribution is 2.22. The maximum Gasteiger partial charge on any atom is 0.335 e. The van der Waals surface area contributed by atoms with E-state index in [1.807, 2.05) is 32.0 Å². The van der Waals surface area contributed by atoms with Gasteiger partial charge in [-0.3, -0.25) is 0 Å². The second kappa shape index (κ2) is 6.41. The van der Waals surface area contributed by atoms with Crippen LogP contribution in [-0.4, -0.2) is 11.1 Å². The highest BCUT2D eigenvalue weighted by Gasteiger charge is 2.06. The number of carboxylic acids is 1. The summed E-state index contributed by atoms with van der Waals surface area (Å²) in [7, 11) is 0. The number of hydrogen-bond donors (Lipinski definition) is 2. The number of rotatable bonds is 5. The minimum Gasteiger partial charge on any atom is -0.489 e. The van der Waals surface area contributed by atoms with E-state index in [2.05, 4.69) is 0 Å². The Labute approximate surface area is 124 Å². The van der Waals surface area contributed by atoms with E-state index < -0.39 is 5.97 Å². The zero-order valence-electron chi connectivity index (χ0n) is 12.2. The Morgan fingerprint density at radius 3 is 2.43 bits per heavy atom. The van der Waals surface area contributed by atoms with Crippen molar-refractivity contribution in [1.82, 2.24) is 0 Å². The Morgan fingerprint density at radius 1 is 1.24 bits per heavy atom. The molecule has 110 valence electrons. The van der Waals surface area contributed by atoms with Gasteiger partial charge in [-0.15, -0.1) is 0 Å². The lowest BCUT2D eigenvalue weighted by Gasteiger charge is -2.12. The predicted molar refractivity (Wildman–Crippen MR) is 81.5 cm³/mol. The molecule has 0 aromatic heterocycles. The van der Waals surface area contributed by atoms with E-state index in [9.17, 15) is 4.79 Å². The molecule has 0 bridgehead atoms. The smallest absolute Gasteiger partial charge is 0.335 e. The second-order valence-electron chi connectivity index (χ2n) is 5.10. The van der Waals surface area contributed by atoms with Crippen molar-refractivity contribution >= 4 is 5.97 Å². The summed E-state index contributed by atoms with van der Waals surface area (Å²) in [6, 6.07) is 12.6. The number of hydrogen-bond acceptors (Lipinski definition) is 3. The van der Waals surface area contributed by atoms with Crippen LogP contribution in [0.15, 0.2) is 42.5 Å². The molecule has 21 heavy (non-hydrogen) atoms. The molecule has 4 heteroatoms. The summed E-state index contributed by atoms with van der Waals surface area (Å²) in [6.07, 6.45) is 0. The average Bonchev–Trinajstić information content (AvgIpc) is 2.46. The molecule has 0 aliphatic rings. The van der Waals surface area contributed by atoms with Gasteiger partial charge < -0.3 is 15.6 Å². The van der Waals surface area contributed by atoms with Crippen LogP contribution in [0.25, 0.3) is 0 Å². The number of ether oxygens (including phenoxy) is 1. The van der Waals surface area contributed by atoms with Gasteiger partial charge in [0.2, 0.25) is 0 Å². The number of aromatic carboxylic acids is 1. The molecule has 0 amide bonds. The van der Waals surface area contributed by atoms with Gasteiger partial charge in [0.05, 0.1) is 5.56 Å². The van der Waals surface area contributed by atoms with Crippen LogP contribution in [0, 0.1) is 6.92 Å². The third-order valence-electron chi connectivity index (χ3n) is 3.32. The summed E-state index contributed by atoms with van der Waals surface area (Å²) in [5, 5.41) is 8.85. The van der Waals surface area contributed by atoms with Crippen LogP contribution in [-0.2, 0) is 6.61 Å². The van der Waals surface area contributed by atoms with Crippen molar-refractivity contribution in [2.24, 2.45) is 5.73 Å². The minimum atomic E-state index is -0.926. The van der Waals surface area contributed by atoms with Crippen molar-refractivity contribution in [2.45, 2.75) is 26.5 Å². The fourth-order valence-corrected chi connectivity index (χ4v) is 2.02. The van der Waals surface area contributed by atoms with Gasteiger partial charge in [-0.1, -0.05) is 24.3 Å². The molecule has 0 fully saturated rings. The first-order valence-electron chi connectivity index (χ1n) is 6.78. The molecule has 2 aromatic rings. The van der Waals surface area contributed by atoms with Crippen LogP contribution >= 0.6 is 0 Å². The highest BCUT2D eigenvalue weighted by molar-refractivity contribution is 5.87. The summed E-state index contributed by atoms with van der Waals surface area (Å²) in [5.74, 6) is -0.119. The van der Waals surface area contributed by atoms with Crippen molar-refractivity contribution in [2.75, 3.05) is 0 Å². The Hall–Kier alpha value is -2.33. The Kier molecular flexibility index (Phi) is 4.60. The number of benzene rings is 2. The molecule has 0 saturated carbocycles. The van der Waals surface area contributed by atoms with Crippen molar-refractivity contribution in [3.05, 3.63) is 64.7 Å². The van der Waals surface area contributed by atoms with E-state index in [1.165, 1.54) is 0 Å². The monoisotopic (exact) mass is 285 g/mol. The topological polar surface area (TPSA) is 72.5 Å². The van der Waals surface area contributed by atoms with Crippen LogP contribution < -0.4 is 10.5 Å². The molecular formula is C17H19NO3. The number of carbonyl (C=O) groups is 1. The van der Waals surface area contributed by atoms with Gasteiger partial charge in [0.25, 0.3) is 0 Å². The summed E-state index contributed by atoms with van der Waals surface area (Å²) < 4.78 is 5.77. The van der Waals surface area contributed by atoms with Crippen LogP contribution in [0.4, 0.5) is 0 Å². The van der Waals surface area contributed by atoms with E-state index in [0.717, 1.165) is 22.4 Å².